The normalized spacial score (nSPS) is 9.09. The first-order chi connectivity index (χ1) is 5.38. The molecule has 0 aliphatic rings. The Morgan fingerprint density at radius 3 is 2.73 bits per heavy atom. The average Bonchev–Trinajstić information content (AvgIpc) is 2.06. The van der Waals surface area contributed by atoms with Crippen LogP contribution >= 0.6 is 0 Å². The molecule has 0 spiro atoms. The molecule has 0 aliphatic carbocycles. The third-order valence-corrected chi connectivity index (χ3v) is 1.10. The van der Waals surface area contributed by atoms with Crippen LogP contribution in [-0.2, 0) is 6.42 Å². The number of carbonyl (C=O) groups is 1. The second-order valence-electron chi connectivity index (χ2n) is 1.82. The van der Waals surface area contributed by atoms with E-state index < -0.39 is 0 Å². The summed E-state index contributed by atoms with van der Waals surface area (Å²) in [5, 5.41) is 13.6. The van der Waals surface area contributed by atoms with Crippen molar-refractivity contribution in [3.63, 3.8) is 0 Å². The maximum absolute atomic E-state index is 10.3. The van der Waals surface area contributed by atoms with Crippen molar-refractivity contribution in [3.8, 4) is 0 Å². The Balaban J connectivity index is 3.01. The molecule has 1 aromatic heterocycles. The van der Waals surface area contributed by atoms with Gasteiger partial charge in [-0.05, 0) is 10.4 Å². The Bertz CT molecular complexity index is 273. The summed E-state index contributed by atoms with van der Waals surface area (Å²) < 4.78 is 0. The number of hydrogen-bond donors (Lipinski definition) is 0. The van der Waals surface area contributed by atoms with Crippen molar-refractivity contribution in [2.45, 2.75) is 6.42 Å². The maximum Gasteiger partial charge on any atom is 0.172 e. The molecule has 5 heteroatoms. The van der Waals surface area contributed by atoms with Crippen LogP contribution in [0.4, 0.5) is 0 Å². The molecule has 0 N–H and O–H groups in total. The van der Waals surface area contributed by atoms with Gasteiger partial charge in [-0.3, -0.25) is 4.79 Å². The van der Waals surface area contributed by atoms with Gasteiger partial charge >= 0.3 is 0 Å². The number of hydrogen-bond acceptors (Lipinski definition) is 5. The lowest BCUT2D eigenvalue weighted by Gasteiger charge is -1.93. The van der Waals surface area contributed by atoms with E-state index in [0.717, 1.165) is 0 Å². The second-order valence-corrected chi connectivity index (χ2v) is 1.82. The highest BCUT2D eigenvalue weighted by Crippen LogP contribution is 1.96. The fourth-order valence-corrected chi connectivity index (χ4v) is 0.625. The van der Waals surface area contributed by atoms with Crippen molar-refractivity contribution in [1.82, 2.24) is 20.6 Å². The summed E-state index contributed by atoms with van der Waals surface area (Å²) >= 11 is 0. The van der Waals surface area contributed by atoms with Crippen LogP contribution in [0.15, 0.2) is 12.7 Å². The lowest BCUT2D eigenvalue weighted by atomic mass is 10.2. The summed E-state index contributed by atoms with van der Waals surface area (Å²) in [6.45, 7) is 3.50. The van der Waals surface area contributed by atoms with Crippen LogP contribution in [0.3, 0.4) is 0 Å². The van der Waals surface area contributed by atoms with Gasteiger partial charge in [0.15, 0.2) is 12.0 Å². The SMILES string of the molecule is C=CCc1nnnnc1C=O. The summed E-state index contributed by atoms with van der Waals surface area (Å²) in [4.78, 5) is 10.3. The van der Waals surface area contributed by atoms with Gasteiger partial charge in [-0.2, -0.15) is 0 Å². The van der Waals surface area contributed by atoms with Crippen molar-refractivity contribution < 1.29 is 4.79 Å². The van der Waals surface area contributed by atoms with E-state index >= 15 is 0 Å². The van der Waals surface area contributed by atoms with E-state index in [2.05, 4.69) is 27.2 Å². The number of allylic oxidation sites excluding steroid dienone is 1. The predicted octanol–water partition coefficient (Wildman–Crippen LogP) is -0.192. The van der Waals surface area contributed by atoms with Gasteiger partial charge in [0.05, 0.1) is 5.69 Å². The average molecular weight is 150 g/mol. The van der Waals surface area contributed by atoms with E-state index in [0.29, 0.717) is 18.4 Å². The number of carbonyl (C=O) groups excluding carboxylic acids is 1. The molecule has 0 fully saturated rings. The van der Waals surface area contributed by atoms with Crippen LogP contribution in [0, 0.1) is 0 Å². The summed E-state index contributed by atoms with van der Waals surface area (Å²) in [7, 11) is 0. The van der Waals surface area contributed by atoms with Gasteiger partial charge in [-0.1, -0.05) is 6.08 Å². The maximum atomic E-state index is 10.3. The Hall–Kier alpha value is -1.65. The lowest BCUT2D eigenvalue weighted by Crippen LogP contribution is -2.03. The van der Waals surface area contributed by atoms with Crippen molar-refractivity contribution in [1.29, 1.82) is 0 Å². The molecule has 0 unspecified atom stereocenters. The molecule has 0 saturated heterocycles. The van der Waals surface area contributed by atoms with E-state index in [-0.39, 0.29) is 5.69 Å². The number of aromatic nitrogens is 4. The fourth-order valence-electron chi connectivity index (χ4n) is 0.625. The molecule has 0 aromatic carbocycles. The zero-order valence-electron chi connectivity index (χ0n) is 5.77. The van der Waals surface area contributed by atoms with Gasteiger partial charge < -0.3 is 0 Å². The number of rotatable bonds is 3. The van der Waals surface area contributed by atoms with Crippen molar-refractivity contribution in [2.75, 3.05) is 0 Å². The zero-order valence-corrected chi connectivity index (χ0v) is 5.77. The Labute approximate surface area is 63.1 Å². The highest BCUT2D eigenvalue weighted by atomic mass is 16.1. The number of aldehydes is 1. The molecule has 0 saturated carbocycles. The smallest absolute Gasteiger partial charge is 0.172 e. The van der Waals surface area contributed by atoms with E-state index in [4.69, 9.17) is 0 Å². The lowest BCUT2D eigenvalue weighted by molar-refractivity contribution is 0.111. The first kappa shape index (κ1) is 7.46. The second kappa shape index (κ2) is 3.50. The molecule has 56 valence electrons. The molecular formula is C6H6N4O. The quantitative estimate of drug-likeness (QED) is 0.441. The summed E-state index contributed by atoms with van der Waals surface area (Å²) in [5.74, 6) is 0. The van der Waals surface area contributed by atoms with Gasteiger partial charge in [-0.15, -0.1) is 16.8 Å². The van der Waals surface area contributed by atoms with Crippen LogP contribution in [0.5, 0.6) is 0 Å². The van der Waals surface area contributed by atoms with Crippen molar-refractivity contribution in [2.24, 2.45) is 0 Å². The van der Waals surface area contributed by atoms with Gasteiger partial charge in [-0.25, -0.2) is 0 Å². The highest BCUT2D eigenvalue weighted by molar-refractivity contribution is 5.72. The fraction of sp³-hybridized carbons (Fsp3) is 0.167. The molecule has 0 aliphatic heterocycles. The van der Waals surface area contributed by atoms with Gasteiger partial charge in [0, 0.05) is 6.42 Å². The Morgan fingerprint density at radius 1 is 1.36 bits per heavy atom. The van der Waals surface area contributed by atoms with Crippen molar-refractivity contribution >= 4 is 6.29 Å². The first-order valence-corrected chi connectivity index (χ1v) is 2.99. The van der Waals surface area contributed by atoms with Gasteiger partial charge in [0.2, 0.25) is 0 Å². The molecule has 5 nitrogen and oxygen atoms in total. The minimum atomic E-state index is 0.222. The standard InChI is InChI=1S/C6H6N4O/c1-2-3-5-6(4-11)8-10-9-7-5/h2,4H,1,3H2. The molecule has 0 bridgehead atoms. The highest BCUT2D eigenvalue weighted by Gasteiger charge is 2.02. The van der Waals surface area contributed by atoms with Crippen LogP contribution in [0.1, 0.15) is 16.2 Å². The van der Waals surface area contributed by atoms with Gasteiger partial charge in [0.25, 0.3) is 0 Å². The van der Waals surface area contributed by atoms with Crippen LogP contribution in [0.2, 0.25) is 0 Å². The van der Waals surface area contributed by atoms with Crippen LogP contribution < -0.4 is 0 Å². The van der Waals surface area contributed by atoms with Crippen molar-refractivity contribution in [3.05, 3.63) is 24.0 Å². The van der Waals surface area contributed by atoms with Gasteiger partial charge in [0.1, 0.15) is 0 Å². The predicted molar refractivity (Wildman–Crippen MR) is 36.9 cm³/mol. The third kappa shape index (κ3) is 1.64. The minimum absolute atomic E-state index is 0.222. The van der Waals surface area contributed by atoms with E-state index in [1.54, 1.807) is 6.08 Å². The summed E-state index contributed by atoms with van der Waals surface area (Å²) in [6.07, 6.45) is 2.70. The minimum Gasteiger partial charge on any atom is -0.296 e. The zero-order chi connectivity index (χ0) is 8.10. The molecular weight excluding hydrogens is 144 g/mol. The topological polar surface area (TPSA) is 68.6 Å². The van der Waals surface area contributed by atoms with Crippen LogP contribution in [0.25, 0.3) is 0 Å². The van der Waals surface area contributed by atoms with E-state index in [1.807, 2.05) is 0 Å². The third-order valence-electron chi connectivity index (χ3n) is 1.10. The molecule has 0 amide bonds. The molecule has 1 rings (SSSR count). The summed E-state index contributed by atoms with van der Waals surface area (Å²) in [5.41, 5.74) is 0.727. The van der Waals surface area contributed by atoms with Crippen LogP contribution in [-0.4, -0.2) is 26.9 Å². The van der Waals surface area contributed by atoms with E-state index in [9.17, 15) is 4.79 Å². The summed E-state index contributed by atoms with van der Waals surface area (Å²) in [6, 6.07) is 0. The molecule has 1 aromatic rings. The monoisotopic (exact) mass is 150 g/mol. The molecule has 11 heavy (non-hydrogen) atoms. The first-order valence-electron chi connectivity index (χ1n) is 2.99. The molecule has 0 radical (unpaired) electrons. The Morgan fingerprint density at radius 2 is 2.09 bits per heavy atom. The largest absolute Gasteiger partial charge is 0.296 e. The molecule has 1 heterocycles. The Kier molecular flexibility index (Phi) is 2.37. The van der Waals surface area contributed by atoms with E-state index in [1.165, 1.54) is 0 Å². The molecule has 0 atom stereocenters. The number of nitrogens with zero attached hydrogens (tertiary/aromatic N) is 4.